The summed E-state index contributed by atoms with van der Waals surface area (Å²) in [6.45, 7) is 1.28. The third-order valence-electron chi connectivity index (χ3n) is 4.27. The van der Waals surface area contributed by atoms with Gasteiger partial charge in [-0.05, 0) is 43.2 Å². The summed E-state index contributed by atoms with van der Waals surface area (Å²) in [6.07, 6.45) is -2.84. The van der Waals surface area contributed by atoms with Gasteiger partial charge in [-0.25, -0.2) is 8.78 Å². The fourth-order valence-electron chi connectivity index (χ4n) is 2.93. The summed E-state index contributed by atoms with van der Waals surface area (Å²) in [6, 6.07) is 4.29. The van der Waals surface area contributed by atoms with E-state index in [1.54, 1.807) is 0 Å². The van der Waals surface area contributed by atoms with Gasteiger partial charge in [0.15, 0.2) is 11.6 Å². The lowest BCUT2D eigenvalue weighted by Gasteiger charge is -2.23. The van der Waals surface area contributed by atoms with E-state index in [4.69, 9.17) is 11.6 Å². The SMILES string of the molecule is O=C(Nc1cc(C(F)(F)F)ccc1N1CCCC1)c1cc(F)c(F)cc1Cl. The predicted octanol–water partition coefficient (Wildman–Crippen LogP) is 5.49. The second-order valence-corrected chi connectivity index (χ2v) is 6.53. The molecule has 0 spiro atoms. The van der Waals surface area contributed by atoms with Gasteiger partial charge in [-0.2, -0.15) is 13.2 Å². The highest BCUT2D eigenvalue weighted by atomic mass is 35.5. The average molecular weight is 405 g/mol. The zero-order valence-electron chi connectivity index (χ0n) is 13.8. The van der Waals surface area contributed by atoms with E-state index in [2.05, 4.69) is 5.32 Å². The zero-order chi connectivity index (χ0) is 19.8. The minimum atomic E-state index is -4.59. The van der Waals surface area contributed by atoms with E-state index in [-0.39, 0.29) is 16.3 Å². The molecule has 0 unspecified atom stereocenters. The first-order valence-electron chi connectivity index (χ1n) is 8.09. The largest absolute Gasteiger partial charge is 0.416 e. The molecule has 1 heterocycles. The Morgan fingerprint density at radius 1 is 1.04 bits per heavy atom. The molecule has 1 N–H and O–H groups in total. The predicted molar refractivity (Wildman–Crippen MR) is 92.2 cm³/mol. The van der Waals surface area contributed by atoms with Gasteiger partial charge >= 0.3 is 6.18 Å². The van der Waals surface area contributed by atoms with Crippen LogP contribution in [0, 0.1) is 11.6 Å². The second kappa shape index (κ2) is 7.34. The van der Waals surface area contributed by atoms with Gasteiger partial charge in [-0.3, -0.25) is 4.79 Å². The third-order valence-corrected chi connectivity index (χ3v) is 4.59. The Labute approximate surface area is 156 Å². The highest BCUT2D eigenvalue weighted by Gasteiger charge is 2.32. The first-order chi connectivity index (χ1) is 12.7. The van der Waals surface area contributed by atoms with Crippen LogP contribution in [0.1, 0.15) is 28.8 Å². The summed E-state index contributed by atoms with van der Waals surface area (Å²) in [5.74, 6) is -3.44. The van der Waals surface area contributed by atoms with Gasteiger partial charge in [0.05, 0.1) is 27.5 Å². The highest BCUT2D eigenvalue weighted by Crippen LogP contribution is 2.37. The molecule has 0 bridgehead atoms. The first kappa shape index (κ1) is 19.4. The van der Waals surface area contributed by atoms with Crippen LogP contribution in [0.3, 0.4) is 0 Å². The molecular formula is C18H14ClF5N2O. The van der Waals surface area contributed by atoms with Crippen LogP contribution in [-0.4, -0.2) is 19.0 Å². The number of alkyl halides is 3. The van der Waals surface area contributed by atoms with Gasteiger partial charge in [-0.15, -0.1) is 0 Å². The standard InChI is InChI=1S/C18H14ClF5N2O/c19-12-9-14(21)13(20)8-11(12)17(27)25-15-7-10(18(22,23)24)3-4-16(15)26-5-1-2-6-26/h3-4,7-9H,1-2,5-6H2,(H,25,27). The molecule has 0 atom stereocenters. The van der Waals surface area contributed by atoms with Crippen molar-refractivity contribution in [2.24, 2.45) is 0 Å². The molecule has 3 rings (SSSR count). The van der Waals surface area contributed by atoms with Gasteiger partial charge in [-0.1, -0.05) is 11.6 Å². The fourth-order valence-corrected chi connectivity index (χ4v) is 3.17. The number of anilines is 2. The average Bonchev–Trinajstić information content (AvgIpc) is 3.11. The minimum Gasteiger partial charge on any atom is -0.370 e. The molecule has 1 saturated heterocycles. The highest BCUT2D eigenvalue weighted by molar-refractivity contribution is 6.34. The van der Waals surface area contributed by atoms with Crippen molar-refractivity contribution in [2.75, 3.05) is 23.3 Å². The van der Waals surface area contributed by atoms with E-state index < -0.39 is 29.3 Å². The Hall–Kier alpha value is -2.35. The van der Waals surface area contributed by atoms with Crippen molar-refractivity contribution in [3.63, 3.8) is 0 Å². The molecule has 0 saturated carbocycles. The van der Waals surface area contributed by atoms with Crippen LogP contribution < -0.4 is 10.2 Å². The number of hydrogen-bond donors (Lipinski definition) is 1. The van der Waals surface area contributed by atoms with Crippen LogP contribution in [0.2, 0.25) is 5.02 Å². The first-order valence-corrected chi connectivity index (χ1v) is 8.46. The van der Waals surface area contributed by atoms with Crippen LogP contribution in [0.4, 0.5) is 33.3 Å². The molecule has 1 aliphatic rings. The number of halogens is 6. The number of nitrogens with one attached hydrogen (secondary N) is 1. The normalized spacial score (nSPS) is 14.5. The van der Waals surface area contributed by atoms with Gasteiger partial charge in [0.1, 0.15) is 0 Å². The molecule has 2 aromatic carbocycles. The van der Waals surface area contributed by atoms with Crippen molar-refractivity contribution >= 4 is 28.9 Å². The van der Waals surface area contributed by atoms with E-state index in [1.165, 1.54) is 6.07 Å². The molecule has 1 fully saturated rings. The number of hydrogen-bond acceptors (Lipinski definition) is 2. The summed E-state index contributed by atoms with van der Waals surface area (Å²) in [4.78, 5) is 14.3. The number of carbonyl (C=O) groups is 1. The summed E-state index contributed by atoms with van der Waals surface area (Å²) in [5, 5.41) is 2.00. The van der Waals surface area contributed by atoms with Crippen LogP contribution in [0.15, 0.2) is 30.3 Å². The number of nitrogens with zero attached hydrogens (tertiary/aromatic N) is 1. The number of carbonyl (C=O) groups excluding carboxylic acids is 1. The summed E-state index contributed by atoms with van der Waals surface area (Å²) < 4.78 is 65.8. The van der Waals surface area contributed by atoms with E-state index in [9.17, 15) is 26.7 Å². The Morgan fingerprint density at radius 2 is 1.67 bits per heavy atom. The van der Waals surface area contributed by atoms with Crippen LogP contribution in [-0.2, 0) is 6.18 Å². The van der Waals surface area contributed by atoms with Crippen LogP contribution in [0.5, 0.6) is 0 Å². The molecule has 0 radical (unpaired) electrons. The molecule has 144 valence electrons. The number of amides is 1. The maximum atomic E-state index is 13.4. The molecule has 3 nitrogen and oxygen atoms in total. The smallest absolute Gasteiger partial charge is 0.370 e. The molecule has 1 aliphatic heterocycles. The summed E-state index contributed by atoms with van der Waals surface area (Å²) >= 11 is 5.78. The molecule has 0 aromatic heterocycles. The molecule has 27 heavy (non-hydrogen) atoms. The van der Waals surface area contributed by atoms with Crippen LogP contribution >= 0.6 is 11.6 Å². The van der Waals surface area contributed by atoms with E-state index in [0.29, 0.717) is 30.9 Å². The van der Waals surface area contributed by atoms with Crippen LogP contribution in [0.25, 0.3) is 0 Å². The van der Waals surface area contributed by atoms with Crippen molar-refractivity contribution in [3.05, 3.63) is 58.1 Å². The Morgan fingerprint density at radius 3 is 2.30 bits per heavy atom. The lowest BCUT2D eigenvalue weighted by molar-refractivity contribution is -0.137. The number of benzene rings is 2. The van der Waals surface area contributed by atoms with Crippen molar-refractivity contribution < 1.29 is 26.7 Å². The van der Waals surface area contributed by atoms with Gasteiger partial charge in [0, 0.05) is 13.1 Å². The quantitative estimate of drug-likeness (QED) is 0.542. The monoisotopic (exact) mass is 404 g/mol. The molecule has 2 aromatic rings. The van der Waals surface area contributed by atoms with Gasteiger partial charge in [0.2, 0.25) is 0 Å². The topological polar surface area (TPSA) is 32.3 Å². The molecule has 1 amide bonds. The third kappa shape index (κ3) is 4.16. The van der Waals surface area contributed by atoms with Gasteiger partial charge in [0.25, 0.3) is 5.91 Å². The molecular weight excluding hydrogens is 391 g/mol. The molecule has 9 heteroatoms. The fraction of sp³-hybridized carbons (Fsp3) is 0.278. The van der Waals surface area contributed by atoms with Crippen molar-refractivity contribution in [3.8, 4) is 0 Å². The van der Waals surface area contributed by atoms with Crippen molar-refractivity contribution in [2.45, 2.75) is 19.0 Å². The Kier molecular flexibility index (Phi) is 5.28. The van der Waals surface area contributed by atoms with E-state index >= 15 is 0 Å². The minimum absolute atomic E-state index is 0.0717. The maximum Gasteiger partial charge on any atom is 0.416 e. The van der Waals surface area contributed by atoms with E-state index in [0.717, 1.165) is 25.0 Å². The lowest BCUT2D eigenvalue weighted by atomic mass is 10.1. The maximum absolute atomic E-state index is 13.4. The summed E-state index contributed by atoms with van der Waals surface area (Å²) in [5.41, 5.74) is -0.956. The van der Waals surface area contributed by atoms with Crippen molar-refractivity contribution in [1.82, 2.24) is 0 Å². The van der Waals surface area contributed by atoms with Gasteiger partial charge < -0.3 is 10.2 Å². The Balaban J connectivity index is 1.98. The second-order valence-electron chi connectivity index (χ2n) is 6.12. The Bertz CT molecular complexity index is 879. The van der Waals surface area contributed by atoms with E-state index in [1.807, 2.05) is 4.90 Å². The molecule has 0 aliphatic carbocycles. The number of rotatable bonds is 3. The van der Waals surface area contributed by atoms with Crippen molar-refractivity contribution in [1.29, 1.82) is 0 Å². The lowest BCUT2D eigenvalue weighted by Crippen LogP contribution is -2.22. The zero-order valence-corrected chi connectivity index (χ0v) is 14.6. The summed E-state index contributed by atoms with van der Waals surface area (Å²) in [7, 11) is 0.